The first kappa shape index (κ1) is 26.2. The summed E-state index contributed by atoms with van der Waals surface area (Å²) in [5, 5.41) is 15.6. The number of rotatable bonds is 9. The molecule has 0 radical (unpaired) electrons. The summed E-state index contributed by atoms with van der Waals surface area (Å²) < 4.78 is 8.39. The number of ether oxygens (including phenoxy) is 1. The lowest BCUT2D eigenvalue weighted by molar-refractivity contribution is 0.198. The monoisotopic (exact) mass is 577 g/mol. The molecule has 5 heterocycles. The van der Waals surface area contributed by atoms with E-state index in [0.29, 0.717) is 41.1 Å². The zero-order valence-electron chi connectivity index (χ0n) is 21.5. The van der Waals surface area contributed by atoms with Crippen molar-refractivity contribution in [2.75, 3.05) is 25.6 Å². The molecular weight excluding hydrogens is 553 g/mol. The van der Waals surface area contributed by atoms with Gasteiger partial charge in [0.25, 0.3) is 5.56 Å². The van der Waals surface area contributed by atoms with Crippen molar-refractivity contribution < 1.29 is 4.74 Å². The Morgan fingerprint density at radius 1 is 1.15 bits per heavy atom. The van der Waals surface area contributed by atoms with E-state index in [9.17, 15) is 4.79 Å². The molecule has 0 saturated carbocycles. The number of fused-ring (bicyclic) bond motifs is 1. The van der Waals surface area contributed by atoms with Crippen LogP contribution in [0.2, 0.25) is 10.2 Å². The molecule has 1 aliphatic rings. The summed E-state index contributed by atoms with van der Waals surface area (Å²) >= 11 is 12.9. The van der Waals surface area contributed by atoms with Gasteiger partial charge in [0.05, 0.1) is 17.4 Å². The van der Waals surface area contributed by atoms with E-state index in [-0.39, 0.29) is 11.6 Å². The summed E-state index contributed by atoms with van der Waals surface area (Å²) in [4.78, 5) is 25.9. The summed E-state index contributed by atoms with van der Waals surface area (Å²) in [6, 6.07) is 12.6. The van der Waals surface area contributed by atoms with Gasteiger partial charge in [-0.05, 0) is 71.7 Å². The fraction of sp³-hybridized carbons (Fsp3) is 0.259. The molecule has 0 fully saturated rings. The molecule has 11 nitrogen and oxygen atoms in total. The molecule has 6 rings (SSSR count). The van der Waals surface area contributed by atoms with Gasteiger partial charge in [-0.1, -0.05) is 23.2 Å². The number of hydrogen-bond acceptors (Lipinski definition) is 8. The van der Waals surface area contributed by atoms with Crippen LogP contribution >= 0.6 is 23.2 Å². The van der Waals surface area contributed by atoms with E-state index in [1.54, 1.807) is 34.7 Å². The van der Waals surface area contributed by atoms with Gasteiger partial charge in [0.15, 0.2) is 5.15 Å². The Balaban J connectivity index is 1.28. The second-order valence-electron chi connectivity index (χ2n) is 9.41. The Labute approximate surface area is 239 Å². The number of anilines is 1. The predicted octanol–water partition coefficient (Wildman–Crippen LogP) is 4.57. The maximum absolute atomic E-state index is 13.5. The SMILES string of the molecule is COCCCNc1ccc(-c2[nH]c([C@@H]3CCc4cc(-c5cc(Cl)ccc5-n5cnnn5)cc(=O)n43)nc2Cl)cn1. The van der Waals surface area contributed by atoms with Crippen LogP contribution in [0.25, 0.3) is 28.1 Å². The minimum atomic E-state index is -0.268. The number of benzene rings is 1. The van der Waals surface area contributed by atoms with Crippen LogP contribution in [-0.2, 0) is 11.2 Å². The van der Waals surface area contributed by atoms with Crippen LogP contribution in [0.3, 0.4) is 0 Å². The first-order valence-electron chi connectivity index (χ1n) is 12.7. The lowest BCUT2D eigenvalue weighted by Crippen LogP contribution is -2.24. The lowest BCUT2D eigenvalue weighted by atomic mass is 10.0. The topological polar surface area (TPSA) is 128 Å². The number of imidazole rings is 1. The molecule has 5 aromatic rings. The molecule has 1 atom stereocenters. The van der Waals surface area contributed by atoms with Crippen LogP contribution < -0.4 is 10.9 Å². The van der Waals surface area contributed by atoms with Gasteiger partial charge in [0.1, 0.15) is 18.0 Å². The van der Waals surface area contributed by atoms with Gasteiger partial charge >= 0.3 is 0 Å². The molecule has 0 spiro atoms. The molecule has 204 valence electrons. The van der Waals surface area contributed by atoms with Crippen molar-refractivity contribution in [1.29, 1.82) is 0 Å². The Morgan fingerprint density at radius 2 is 2.05 bits per heavy atom. The fourth-order valence-electron chi connectivity index (χ4n) is 5.02. The molecular formula is C27H25Cl2N9O2. The maximum Gasteiger partial charge on any atom is 0.252 e. The average molecular weight is 578 g/mol. The zero-order chi connectivity index (χ0) is 27.6. The predicted molar refractivity (Wildman–Crippen MR) is 152 cm³/mol. The van der Waals surface area contributed by atoms with E-state index >= 15 is 0 Å². The molecule has 0 saturated heterocycles. The van der Waals surface area contributed by atoms with Gasteiger partial charge in [-0.25, -0.2) is 9.97 Å². The maximum atomic E-state index is 13.5. The van der Waals surface area contributed by atoms with Crippen LogP contribution in [0.4, 0.5) is 5.82 Å². The van der Waals surface area contributed by atoms with Gasteiger partial charge in [-0.15, -0.1) is 5.10 Å². The minimum Gasteiger partial charge on any atom is -0.385 e. The van der Waals surface area contributed by atoms with Gasteiger partial charge in [-0.3, -0.25) is 4.79 Å². The van der Waals surface area contributed by atoms with E-state index in [0.717, 1.165) is 46.9 Å². The highest BCUT2D eigenvalue weighted by molar-refractivity contribution is 6.32. The van der Waals surface area contributed by atoms with Crippen LogP contribution in [-0.4, -0.2) is 60.0 Å². The largest absolute Gasteiger partial charge is 0.385 e. The van der Waals surface area contributed by atoms with Crippen LogP contribution in [0.15, 0.2) is 59.8 Å². The number of nitrogens with zero attached hydrogens (tertiary/aromatic N) is 7. The highest BCUT2D eigenvalue weighted by atomic mass is 35.5. The third-order valence-corrected chi connectivity index (χ3v) is 7.38. The number of aromatic amines is 1. The van der Waals surface area contributed by atoms with E-state index < -0.39 is 0 Å². The number of aromatic nitrogens is 8. The number of nitrogens with one attached hydrogen (secondary N) is 2. The smallest absolute Gasteiger partial charge is 0.252 e. The summed E-state index contributed by atoms with van der Waals surface area (Å²) in [6.07, 6.45) is 5.55. The Morgan fingerprint density at radius 3 is 2.83 bits per heavy atom. The van der Waals surface area contributed by atoms with Gasteiger partial charge in [-0.2, -0.15) is 4.68 Å². The van der Waals surface area contributed by atoms with Crippen molar-refractivity contribution >= 4 is 29.0 Å². The molecule has 1 aromatic carbocycles. The van der Waals surface area contributed by atoms with E-state index in [1.165, 1.54) is 6.33 Å². The molecule has 0 amide bonds. The number of tetrazole rings is 1. The number of aryl methyl sites for hydroxylation is 1. The van der Waals surface area contributed by atoms with E-state index in [1.807, 2.05) is 30.3 Å². The number of pyridine rings is 2. The summed E-state index contributed by atoms with van der Waals surface area (Å²) in [6.45, 7) is 1.46. The standard InChI is InChI=1S/C27H25Cl2N9O2/c1-40-10-2-9-30-23-8-3-16(14-31-23)25-26(29)34-27(33-25)22-7-5-19-11-17(12-24(39)38(19)22)20-13-18(28)4-6-21(20)37-15-32-35-36-37/h3-4,6,8,11-15,22H,2,5,7,9-10H2,1H3,(H,30,31)(H,33,34)/t22-/m0/s1. The molecule has 2 N–H and O–H groups in total. The van der Waals surface area contributed by atoms with Gasteiger partial charge in [0.2, 0.25) is 0 Å². The molecule has 0 unspecified atom stereocenters. The van der Waals surface area contributed by atoms with Crippen LogP contribution in [0.1, 0.15) is 30.4 Å². The second kappa shape index (κ2) is 11.2. The second-order valence-corrected chi connectivity index (χ2v) is 10.2. The Hall–Kier alpha value is -4.06. The minimum absolute atomic E-state index is 0.141. The zero-order valence-corrected chi connectivity index (χ0v) is 23.0. The molecule has 4 aromatic heterocycles. The average Bonchev–Trinajstić information content (AvgIpc) is 3.72. The quantitative estimate of drug-likeness (QED) is 0.244. The number of methoxy groups -OCH3 is 1. The first-order chi connectivity index (χ1) is 19.5. The Kier molecular flexibility index (Phi) is 7.33. The normalized spacial score (nSPS) is 14.4. The molecule has 1 aliphatic heterocycles. The highest BCUT2D eigenvalue weighted by Crippen LogP contribution is 2.36. The third kappa shape index (κ3) is 5.10. The van der Waals surface area contributed by atoms with E-state index in [4.69, 9.17) is 27.9 Å². The number of hydrogen-bond donors (Lipinski definition) is 2. The van der Waals surface area contributed by atoms with Crippen molar-refractivity contribution in [2.24, 2.45) is 0 Å². The summed E-state index contributed by atoms with van der Waals surface area (Å²) in [7, 11) is 1.68. The first-order valence-corrected chi connectivity index (χ1v) is 13.5. The van der Waals surface area contributed by atoms with Crippen molar-refractivity contribution in [3.8, 4) is 28.1 Å². The lowest BCUT2D eigenvalue weighted by Gasteiger charge is -2.15. The van der Waals surface area contributed by atoms with Crippen LogP contribution in [0, 0.1) is 0 Å². The molecule has 0 aliphatic carbocycles. The fourth-order valence-corrected chi connectivity index (χ4v) is 5.44. The molecule has 0 bridgehead atoms. The number of H-pyrrole nitrogens is 1. The third-order valence-electron chi connectivity index (χ3n) is 6.88. The summed E-state index contributed by atoms with van der Waals surface area (Å²) in [5.74, 6) is 1.40. The highest BCUT2D eigenvalue weighted by Gasteiger charge is 2.29. The van der Waals surface area contributed by atoms with Crippen LogP contribution in [0.5, 0.6) is 0 Å². The molecule has 40 heavy (non-hydrogen) atoms. The van der Waals surface area contributed by atoms with Crippen molar-refractivity contribution in [3.63, 3.8) is 0 Å². The molecule has 13 heteroatoms. The summed E-state index contributed by atoms with van der Waals surface area (Å²) in [5.41, 5.74) is 4.45. The van der Waals surface area contributed by atoms with Crippen molar-refractivity contribution in [2.45, 2.75) is 25.3 Å². The van der Waals surface area contributed by atoms with Crippen molar-refractivity contribution in [3.05, 3.63) is 87.0 Å². The number of halogens is 2. The van der Waals surface area contributed by atoms with Gasteiger partial charge < -0.3 is 19.6 Å². The van der Waals surface area contributed by atoms with Crippen molar-refractivity contribution in [1.82, 2.24) is 39.7 Å². The Bertz CT molecular complexity index is 1700. The van der Waals surface area contributed by atoms with Gasteiger partial charge in [0, 0.05) is 54.4 Å². The van der Waals surface area contributed by atoms with E-state index in [2.05, 4.69) is 35.8 Å².